The van der Waals surface area contributed by atoms with Gasteiger partial charge in [0.2, 0.25) is 0 Å². The van der Waals surface area contributed by atoms with Crippen LogP contribution in [-0.2, 0) is 14.2 Å². The lowest BCUT2D eigenvalue weighted by Crippen LogP contribution is -2.64. The molecule has 0 aromatic heterocycles. The molecule has 0 radical (unpaired) electrons. The Kier molecular flexibility index (Phi) is 14.1. The largest absolute Gasteiger partial charge is 0.394 e. The predicted octanol–water partition coefficient (Wildman–Crippen LogP) is -0.125. The molecule has 2 aliphatic heterocycles. The summed E-state index contributed by atoms with van der Waals surface area (Å²) in [5, 5.41) is 70.3. The molecular formula is C23H44O10S. The number of aliphatic hydroxyl groups excluding tert-OH is 7. The topological polar surface area (TPSA) is 169 Å². The van der Waals surface area contributed by atoms with Crippen LogP contribution in [0.3, 0.4) is 0 Å². The van der Waals surface area contributed by atoms with Crippen LogP contribution in [0.25, 0.3) is 0 Å². The van der Waals surface area contributed by atoms with Gasteiger partial charge in [0.05, 0.1) is 13.2 Å². The highest BCUT2D eigenvalue weighted by molar-refractivity contribution is 7.99. The molecule has 2 rings (SSSR count). The first-order valence-corrected chi connectivity index (χ1v) is 13.6. The van der Waals surface area contributed by atoms with Crippen molar-refractivity contribution in [1.82, 2.24) is 0 Å². The summed E-state index contributed by atoms with van der Waals surface area (Å²) < 4.78 is 16.7. The molecule has 2 fully saturated rings. The van der Waals surface area contributed by atoms with Crippen molar-refractivity contribution >= 4 is 11.8 Å². The van der Waals surface area contributed by atoms with Crippen molar-refractivity contribution in [2.75, 3.05) is 19.0 Å². The SMILES string of the molecule is CCCCCCCCCCCS[C@H]1O[C@@H](CO)[C@@H](O[C@H]2O[C@@H](CO)[C@@H](O)[C@@H](O)[C@H]2O)[C@@H](O)[C@H]1O. The Morgan fingerprint density at radius 3 is 1.82 bits per heavy atom. The summed E-state index contributed by atoms with van der Waals surface area (Å²) in [6, 6.07) is 0. The minimum Gasteiger partial charge on any atom is -0.394 e. The van der Waals surface area contributed by atoms with Crippen molar-refractivity contribution in [2.45, 2.75) is 125 Å². The van der Waals surface area contributed by atoms with Gasteiger partial charge in [0.15, 0.2) is 6.29 Å². The molecular weight excluding hydrogens is 468 g/mol. The van der Waals surface area contributed by atoms with Gasteiger partial charge in [-0.15, -0.1) is 11.8 Å². The first kappa shape index (κ1) is 30.2. The molecule has 0 aromatic carbocycles. The van der Waals surface area contributed by atoms with E-state index in [1.54, 1.807) is 0 Å². The third kappa shape index (κ3) is 8.52. The summed E-state index contributed by atoms with van der Waals surface area (Å²) in [6.07, 6.45) is -1.73. The maximum atomic E-state index is 10.7. The summed E-state index contributed by atoms with van der Waals surface area (Å²) in [7, 11) is 0. The molecule has 0 saturated carbocycles. The Hall–Kier alpha value is -0.0500. The van der Waals surface area contributed by atoms with E-state index in [0.29, 0.717) is 0 Å². The number of unbranched alkanes of at least 4 members (excludes halogenated alkanes) is 8. The first-order valence-electron chi connectivity index (χ1n) is 12.6. The van der Waals surface area contributed by atoms with E-state index >= 15 is 0 Å². The number of thioether (sulfide) groups is 1. The van der Waals surface area contributed by atoms with Crippen LogP contribution in [0.1, 0.15) is 64.7 Å². The van der Waals surface area contributed by atoms with Crippen LogP contribution in [0.15, 0.2) is 0 Å². The minimum atomic E-state index is -1.67. The Morgan fingerprint density at radius 1 is 0.647 bits per heavy atom. The van der Waals surface area contributed by atoms with E-state index in [0.717, 1.165) is 25.0 Å². The van der Waals surface area contributed by atoms with Crippen molar-refractivity contribution in [3.8, 4) is 0 Å². The molecule has 2 heterocycles. The van der Waals surface area contributed by atoms with Gasteiger partial charge in [-0.25, -0.2) is 0 Å². The maximum absolute atomic E-state index is 10.7. The third-order valence-corrected chi connectivity index (χ3v) is 7.73. The monoisotopic (exact) mass is 512 g/mol. The molecule has 202 valence electrons. The number of hydrogen-bond donors (Lipinski definition) is 7. The molecule has 2 saturated heterocycles. The second-order valence-corrected chi connectivity index (χ2v) is 10.4. The van der Waals surface area contributed by atoms with E-state index in [-0.39, 0.29) is 0 Å². The first-order chi connectivity index (χ1) is 16.3. The molecule has 10 atom stereocenters. The summed E-state index contributed by atoms with van der Waals surface area (Å²) in [5.74, 6) is 0.737. The van der Waals surface area contributed by atoms with Gasteiger partial charge in [-0.05, 0) is 12.2 Å². The lowest BCUT2D eigenvalue weighted by Gasteiger charge is -2.46. The molecule has 0 bridgehead atoms. The van der Waals surface area contributed by atoms with Crippen molar-refractivity contribution in [1.29, 1.82) is 0 Å². The normalized spacial score (nSPS) is 38.8. The van der Waals surface area contributed by atoms with Crippen molar-refractivity contribution < 1.29 is 50.0 Å². The van der Waals surface area contributed by atoms with Crippen LogP contribution in [0.2, 0.25) is 0 Å². The summed E-state index contributed by atoms with van der Waals surface area (Å²) in [6.45, 7) is 1.07. The van der Waals surface area contributed by atoms with Crippen LogP contribution in [0.5, 0.6) is 0 Å². The number of aliphatic hydroxyl groups is 7. The van der Waals surface area contributed by atoms with Crippen LogP contribution in [0, 0.1) is 0 Å². The molecule has 11 heteroatoms. The average Bonchev–Trinajstić information content (AvgIpc) is 2.84. The van der Waals surface area contributed by atoms with Crippen molar-refractivity contribution in [3.63, 3.8) is 0 Å². The van der Waals surface area contributed by atoms with Gasteiger partial charge in [-0.3, -0.25) is 0 Å². The maximum Gasteiger partial charge on any atom is 0.187 e. The van der Waals surface area contributed by atoms with Crippen molar-refractivity contribution in [2.24, 2.45) is 0 Å². The van der Waals surface area contributed by atoms with E-state index in [1.165, 1.54) is 50.3 Å². The molecule has 0 aliphatic carbocycles. The second-order valence-electron chi connectivity index (χ2n) is 9.20. The van der Waals surface area contributed by atoms with E-state index in [2.05, 4.69) is 6.92 Å². The minimum absolute atomic E-state index is 0.513. The number of rotatable bonds is 15. The Morgan fingerprint density at radius 2 is 1.24 bits per heavy atom. The highest BCUT2D eigenvalue weighted by Crippen LogP contribution is 2.33. The zero-order valence-corrected chi connectivity index (χ0v) is 20.8. The highest BCUT2D eigenvalue weighted by atomic mass is 32.2. The number of hydrogen-bond acceptors (Lipinski definition) is 11. The van der Waals surface area contributed by atoms with Crippen molar-refractivity contribution in [3.05, 3.63) is 0 Å². The predicted molar refractivity (Wildman–Crippen MR) is 126 cm³/mol. The lowest BCUT2D eigenvalue weighted by atomic mass is 9.97. The average molecular weight is 513 g/mol. The van der Waals surface area contributed by atoms with E-state index in [4.69, 9.17) is 14.2 Å². The van der Waals surface area contributed by atoms with Crippen LogP contribution < -0.4 is 0 Å². The fourth-order valence-corrected chi connectivity index (χ4v) is 5.49. The van der Waals surface area contributed by atoms with Crippen LogP contribution in [-0.4, -0.2) is 115 Å². The molecule has 0 unspecified atom stereocenters. The molecule has 0 spiro atoms. The Bertz CT molecular complexity index is 540. The van der Waals surface area contributed by atoms with Gasteiger partial charge in [0.1, 0.15) is 54.3 Å². The van der Waals surface area contributed by atoms with Gasteiger partial charge < -0.3 is 50.0 Å². The standard InChI is InChI=1S/C23H44O10S/c1-2-3-4-5-6-7-8-9-10-11-34-23-20(30)18(28)21(15(13-25)32-23)33-22-19(29)17(27)16(26)14(12-24)31-22/h14-30H,2-13H2,1H3/t14-,15-,16+,17+,18-,19+,20+,21+,22+,23+/m0/s1. The fourth-order valence-electron chi connectivity index (χ4n) is 4.31. The quantitative estimate of drug-likeness (QED) is 0.146. The van der Waals surface area contributed by atoms with Gasteiger partial charge in [-0.1, -0.05) is 58.3 Å². The molecule has 34 heavy (non-hydrogen) atoms. The second kappa shape index (κ2) is 15.9. The van der Waals surface area contributed by atoms with Crippen LogP contribution in [0.4, 0.5) is 0 Å². The van der Waals surface area contributed by atoms with Gasteiger partial charge in [0.25, 0.3) is 0 Å². The zero-order chi connectivity index (χ0) is 25.1. The molecule has 7 N–H and O–H groups in total. The smallest absolute Gasteiger partial charge is 0.187 e. The molecule has 10 nitrogen and oxygen atoms in total. The zero-order valence-electron chi connectivity index (χ0n) is 20.0. The Balaban J connectivity index is 1.78. The summed E-state index contributed by atoms with van der Waals surface area (Å²) in [5.41, 5.74) is -0.754. The Labute approximate surface area is 206 Å². The van der Waals surface area contributed by atoms with Gasteiger partial charge >= 0.3 is 0 Å². The molecule has 2 aliphatic rings. The molecule has 0 amide bonds. The summed E-state index contributed by atoms with van der Waals surface area (Å²) in [4.78, 5) is 0. The summed E-state index contributed by atoms with van der Waals surface area (Å²) >= 11 is 1.37. The van der Waals surface area contributed by atoms with E-state index < -0.39 is 73.8 Å². The lowest BCUT2D eigenvalue weighted by molar-refractivity contribution is -0.338. The highest BCUT2D eigenvalue weighted by Gasteiger charge is 2.50. The van der Waals surface area contributed by atoms with Crippen LogP contribution >= 0.6 is 11.8 Å². The van der Waals surface area contributed by atoms with Gasteiger partial charge in [0, 0.05) is 0 Å². The van der Waals surface area contributed by atoms with E-state index in [1.807, 2.05) is 0 Å². The van der Waals surface area contributed by atoms with Gasteiger partial charge in [-0.2, -0.15) is 0 Å². The number of ether oxygens (including phenoxy) is 3. The third-order valence-electron chi connectivity index (χ3n) is 6.49. The fraction of sp³-hybridized carbons (Fsp3) is 1.00. The van der Waals surface area contributed by atoms with E-state index in [9.17, 15) is 35.7 Å². The molecule has 0 aromatic rings.